The van der Waals surface area contributed by atoms with Crippen LogP contribution in [0.15, 0.2) is 54.6 Å². The minimum Gasteiger partial charge on any atom is -0.350 e. The summed E-state index contributed by atoms with van der Waals surface area (Å²) in [5, 5.41) is 9.00. The van der Waals surface area contributed by atoms with Gasteiger partial charge in [-0.3, -0.25) is 19.2 Å². The van der Waals surface area contributed by atoms with Gasteiger partial charge in [-0.25, -0.2) is 0 Å². The van der Waals surface area contributed by atoms with Gasteiger partial charge >= 0.3 is 0 Å². The third-order valence-corrected chi connectivity index (χ3v) is 8.69. The summed E-state index contributed by atoms with van der Waals surface area (Å²) in [6.45, 7) is 11.4. The van der Waals surface area contributed by atoms with E-state index in [0.717, 1.165) is 24.8 Å². The number of carbonyl (C=O) groups excluding carboxylic acids is 4. The highest BCUT2D eigenvalue weighted by Crippen LogP contribution is 2.34. The van der Waals surface area contributed by atoms with Crippen molar-refractivity contribution in [3.05, 3.63) is 71.3 Å². The molecule has 0 aromatic heterocycles. The van der Waals surface area contributed by atoms with Crippen molar-refractivity contribution in [1.82, 2.24) is 20.9 Å². The van der Waals surface area contributed by atoms with Crippen molar-refractivity contribution in [3.63, 3.8) is 0 Å². The molecule has 0 spiro atoms. The minimum absolute atomic E-state index is 0.0754. The van der Waals surface area contributed by atoms with E-state index in [0.29, 0.717) is 49.5 Å². The Morgan fingerprint density at radius 1 is 0.870 bits per heavy atom. The van der Waals surface area contributed by atoms with E-state index in [1.165, 1.54) is 12.8 Å². The van der Waals surface area contributed by atoms with E-state index in [2.05, 4.69) is 16.0 Å². The molecule has 46 heavy (non-hydrogen) atoms. The van der Waals surface area contributed by atoms with Crippen LogP contribution in [0, 0.1) is 17.8 Å². The van der Waals surface area contributed by atoms with Gasteiger partial charge in [0.2, 0.25) is 11.8 Å². The number of hydrogen-bond donors (Lipinski definition) is 4. The summed E-state index contributed by atoms with van der Waals surface area (Å²) in [4.78, 5) is 54.8. The summed E-state index contributed by atoms with van der Waals surface area (Å²) >= 11 is 0. The van der Waals surface area contributed by atoms with Gasteiger partial charge in [-0.1, -0.05) is 83.9 Å². The predicted molar refractivity (Wildman–Crippen MR) is 183 cm³/mol. The Bertz CT molecular complexity index is 1270. The van der Waals surface area contributed by atoms with Gasteiger partial charge in [0.25, 0.3) is 11.8 Å². The lowest BCUT2D eigenvalue weighted by atomic mass is 9.92. The van der Waals surface area contributed by atoms with Crippen LogP contribution in [0.3, 0.4) is 0 Å². The third-order valence-electron chi connectivity index (χ3n) is 8.69. The maximum absolute atomic E-state index is 13.5. The van der Waals surface area contributed by atoms with Crippen molar-refractivity contribution < 1.29 is 19.2 Å². The van der Waals surface area contributed by atoms with Gasteiger partial charge in [0, 0.05) is 48.8 Å². The van der Waals surface area contributed by atoms with Crippen LogP contribution < -0.4 is 21.7 Å². The Morgan fingerprint density at radius 2 is 1.52 bits per heavy atom. The smallest absolute Gasteiger partial charge is 0.253 e. The average Bonchev–Trinajstić information content (AvgIpc) is 3.88. The Morgan fingerprint density at radius 3 is 2.13 bits per heavy atom. The van der Waals surface area contributed by atoms with E-state index in [4.69, 9.17) is 5.73 Å². The number of benzene rings is 2. The summed E-state index contributed by atoms with van der Waals surface area (Å²) in [5.74, 6) is -0.758. The van der Waals surface area contributed by atoms with Crippen molar-refractivity contribution in [1.29, 1.82) is 0 Å². The van der Waals surface area contributed by atoms with Crippen LogP contribution in [-0.4, -0.2) is 59.7 Å². The van der Waals surface area contributed by atoms with E-state index in [1.54, 1.807) is 24.3 Å². The molecule has 2 aromatic carbocycles. The van der Waals surface area contributed by atoms with E-state index in [9.17, 15) is 19.2 Å². The quantitative estimate of drug-likeness (QED) is 0.172. The van der Waals surface area contributed by atoms with E-state index in [-0.39, 0.29) is 35.6 Å². The molecule has 5 N–H and O–H groups in total. The zero-order valence-corrected chi connectivity index (χ0v) is 28.4. The first-order valence-electron chi connectivity index (χ1n) is 17.1. The second-order valence-electron chi connectivity index (χ2n) is 13.2. The van der Waals surface area contributed by atoms with Crippen LogP contribution in [0.2, 0.25) is 0 Å². The zero-order valence-electron chi connectivity index (χ0n) is 28.4. The molecule has 0 radical (unpaired) electrons. The van der Waals surface area contributed by atoms with Crippen LogP contribution in [0.4, 0.5) is 0 Å². The third kappa shape index (κ3) is 11.6. The first-order valence-corrected chi connectivity index (χ1v) is 17.1. The maximum Gasteiger partial charge on any atom is 0.253 e. The van der Waals surface area contributed by atoms with Gasteiger partial charge < -0.3 is 26.6 Å². The maximum atomic E-state index is 13.5. The minimum atomic E-state index is -0.680. The fourth-order valence-corrected chi connectivity index (χ4v) is 5.70. The molecule has 1 aliphatic rings. The number of nitrogens with two attached hydrogens (primary N) is 1. The molecule has 2 aromatic rings. The largest absolute Gasteiger partial charge is 0.350 e. The monoisotopic (exact) mass is 633 g/mol. The highest BCUT2D eigenvalue weighted by Gasteiger charge is 2.31. The van der Waals surface area contributed by atoms with Gasteiger partial charge in [-0.05, 0) is 67.7 Å². The van der Waals surface area contributed by atoms with Crippen LogP contribution in [0.5, 0.6) is 0 Å². The summed E-state index contributed by atoms with van der Waals surface area (Å²) in [5.41, 5.74) is 8.59. The van der Waals surface area contributed by atoms with Crippen molar-refractivity contribution in [2.75, 3.05) is 13.1 Å². The Kier molecular flexibility index (Phi) is 14.7. The fourth-order valence-electron chi connectivity index (χ4n) is 5.70. The number of hydrogen-bond acceptors (Lipinski definition) is 5. The first-order chi connectivity index (χ1) is 22.0. The average molecular weight is 634 g/mol. The van der Waals surface area contributed by atoms with Crippen LogP contribution in [-0.2, 0) is 16.1 Å². The Labute approximate surface area is 275 Å². The number of carbonyl (C=O) groups is 4. The molecule has 9 nitrogen and oxygen atoms in total. The van der Waals surface area contributed by atoms with E-state index in [1.807, 2.05) is 69.9 Å². The summed E-state index contributed by atoms with van der Waals surface area (Å²) in [7, 11) is 0. The predicted octanol–water partition coefficient (Wildman–Crippen LogP) is 5.05. The van der Waals surface area contributed by atoms with Crippen molar-refractivity contribution in [3.8, 4) is 0 Å². The topological polar surface area (TPSA) is 134 Å². The molecular formula is C37H55N5O4. The number of nitrogens with one attached hydrogen (secondary N) is 3. The second-order valence-corrected chi connectivity index (χ2v) is 13.2. The Balaban J connectivity index is 1.63. The van der Waals surface area contributed by atoms with Gasteiger partial charge in [0.15, 0.2) is 0 Å². The van der Waals surface area contributed by atoms with Crippen LogP contribution in [0.25, 0.3) is 0 Å². The molecule has 0 heterocycles. The highest BCUT2D eigenvalue weighted by molar-refractivity contribution is 5.99. The zero-order chi connectivity index (χ0) is 33.6. The van der Waals surface area contributed by atoms with E-state index < -0.39 is 18.0 Å². The van der Waals surface area contributed by atoms with Gasteiger partial charge in [0.05, 0.1) is 0 Å². The highest BCUT2D eigenvalue weighted by atomic mass is 16.2. The standard InChI is InChI=1S/C37H55N5O4/c1-6-20-42(21-7-2)37(46)30-15-11-14-29(23-30)35(44)40-32(19-18-27-16-17-27)31(38)22-26(5)34(43)41-33(25(3)4)36(45)39-24-28-12-9-8-10-13-28/h8-15,23,25-27,31-33H,6-7,16-22,24,38H2,1-5H3,(H,39,45)(H,40,44)(H,41,43)/t26-,31+,32+,33+/m1/s1. The van der Waals surface area contributed by atoms with Crippen molar-refractivity contribution >= 4 is 23.6 Å². The fraction of sp³-hybridized carbons (Fsp3) is 0.568. The molecule has 0 bridgehead atoms. The molecule has 4 atom stereocenters. The molecule has 1 fully saturated rings. The molecule has 0 saturated heterocycles. The lowest BCUT2D eigenvalue weighted by molar-refractivity contribution is -0.132. The lowest BCUT2D eigenvalue weighted by Crippen LogP contribution is -2.52. The summed E-state index contributed by atoms with van der Waals surface area (Å²) < 4.78 is 0. The SMILES string of the molecule is CCCN(CCC)C(=O)c1cccc(C(=O)N[C@@H](CCC2CC2)[C@@H](N)C[C@@H](C)C(=O)N[C@H](C(=O)NCc2ccccc2)C(C)C)c1. The van der Waals surface area contributed by atoms with Crippen molar-refractivity contribution in [2.45, 2.75) is 104 Å². The van der Waals surface area contributed by atoms with Crippen LogP contribution in [0.1, 0.15) is 106 Å². The number of rotatable bonds is 19. The number of amides is 4. The molecule has 1 saturated carbocycles. The van der Waals surface area contributed by atoms with Gasteiger partial charge in [-0.15, -0.1) is 0 Å². The molecule has 0 aliphatic heterocycles. The molecule has 4 amide bonds. The van der Waals surface area contributed by atoms with Gasteiger partial charge in [0.1, 0.15) is 6.04 Å². The summed E-state index contributed by atoms with van der Waals surface area (Å²) in [6, 6.07) is 15.0. The Hall–Kier alpha value is -3.72. The molecule has 9 heteroatoms. The molecule has 1 aliphatic carbocycles. The second kappa shape index (κ2) is 18.4. The summed E-state index contributed by atoms with van der Waals surface area (Å²) in [6.07, 6.45) is 6.12. The van der Waals surface area contributed by atoms with Gasteiger partial charge in [-0.2, -0.15) is 0 Å². The lowest BCUT2D eigenvalue weighted by Gasteiger charge is -2.28. The van der Waals surface area contributed by atoms with Crippen molar-refractivity contribution in [2.24, 2.45) is 23.5 Å². The molecular weight excluding hydrogens is 578 g/mol. The first kappa shape index (κ1) is 36.7. The van der Waals surface area contributed by atoms with E-state index >= 15 is 0 Å². The number of nitrogens with zero attached hydrogens (tertiary/aromatic N) is 1. The molecule has 3 rings (SSSR count). The molecule has 252 valence electrons. The van der Waals surface area contributed by atoms with Crippen LogP contribution >= 0.6 is 0 Å². The molecule has 0 unspecified atom stereocenters. The normalized spacial score (nSPS) is 15.4.